The van der Waals surface area contributed by atoms with E-state index >= 15 is 0 Å². The van der Waals surface area contributed by atoms with E-state index in [-0.39, 0.29) is 0 Å². The minimum atomic E-state index is -0.487. The van der Waals surface area contributed by atoms with Gasteiger partial charge in [0.2, 0.25) is 5.91 Å². The maximum absolute atomic E-state index is 10.8. The van der Waals surface area contributed by atoms with Gasteiger partial charge in [0.1, 0.15) is 6.61 Å². The Bertz CT molecular complexity index is 741. The lowest BCUT2D eigenvalue weighted by Gasteiger charge is -2.14. The molecule has 0 fully saturated rings. The molecule has 0 aliphatic carbocycles. The third-order valence-corrected chi connectivity index (χ3v) is 4.13. The maximum Gasteiger partial charge on any atom is 0.241 e. The lowest BCUT2D eigenvalue weighted by Crippen LogP contribution is -2.05. The highest BCUT2D eigenvalue weighted by Gasteiger charge is 2.11. The minimum absolute atomic E-state index is 0.468. The predicted molar refractivity (Wildman–Crippen MR) is 99.5 cm³/mol. The molecule has 0 aromatic heterocycles. The largest absolute Gasteiger partial charge is 0.493 e. The first-order valence-electron chi connectivity index (χ1n) is 7.03. The zero-order valence-corrected chi connectivity index (χ0v) is 15.2. The lowest BCUT2D eigenvalue weighted by molar-refractivity contribution is -0.113. The summed E-state index contributed by atoms with van der Waals surface area (Å²) >= 11 is 2.19. The summed E-state index contributed by atoms with van der Waals surface area (Å²) in [5.41, 5.74) is 8.26. The highest BCUT2D eigenvalue weighted by Crippen LogP contribution is 2.35. The molecule has 2 aromatic carbocycles. The van der Waals surface area contributed by atoms with Gasteiger partial charge in [-0.1, -0.05) is 24.3 Å². The van der Waals surface area contributed by atoms with Gasteiger partial charge in [-0.3, -0.25) is 4.79 Å². The number of amides is 1. The maximum atomic E-state index is 10.8. The molecular weight excluding hydrogens is 405 g/mol. The van der Waals surface area contributed by atoms with Crippen LogP contribution in [0.25, 0.3) is 6.08 Å². The fourth-order valence-corrected chi connectivity index (χ4v) is 2.86. The van der Waals surface area contributed by atoms with Crippen LogP contribution < -0.4 is 15.2 Å². The quantitative estimate of drug-likeness (QED) is 0.570. The molecule has 0 atom stereocenters. The van der Waals surface area contributed by atoms with Crippen molar-refractivity contribution in [1.82, 2.24) is 0 Å². The fraction of sp³-hybridized carbons (Fsp3) is 0.167. The zero-order chi connectivity index (χ0) is 16.8. The Kier molecular flexibility index (Phi) is 6.04. The van der Waals surface area contributed by atoms with Crippen molar-refractivity contribution >= 4 is 34.6 Å². The van der Waals surface area contributed by atoms with Gasteiger partial charge in [0, 0.05) is 6.08 Å². The number of carbonyl (C=O) groups is 1. The Balaban J connectivity index is 2.24. The summed E-state index contributed by atoms with van der Waals surface area (Å²) in [5.74, 6) is 0.820. The number of nitrogens with two attached hydrogens (primary N) is 1. The number of rotatable bonds is 6. The molecule has 2 rings (SSSR count). The molecular formula is C18H18INO3. The van der Waals surface area contributed by atoms with Gasteiger partial charge in [-0.25, -0.2) is 0 Å². The van der Waals surface area contributed by atoms with Crippen LogP contribution in [-0.4, -0.2) is 13.0 Å². The van der Waals surface area contributed by atoms with Crippen LogP contribution in [0.15, 0.2) is 42.5 Å². The molecule has 0 radical (unpaired) electrons. The fourth-order valence-electron chi connectivity index (χ4n) is 2.08. The van der Waals surface area contributed by atoms with Crippen molar-refractivity contribution in [2.75, 3.05) is 7.11 Å². The molecule has 120 valence electrons. The van der Waals surface area contributed by atoms with Crippen LogP contribution in [0.1, 0.15) is 16.7 Å². The van der Waals surface area contributed by atoms with Crippen molar-refractivity contribution in [1.29, 1.82) is 0 Å². The van der Waals surface area contributed by atoms with E-state index in [0.717, 1.165) is 14.7 Å². The topological polar surface area (TPSA) is 61.5 Å². The van der Waals surface area contributed by atoms with Gasteiger partial charge in [0.25, 0.3) is 0 Å². The minimum Gasteiger partial charge on any atom is -0.493 e. The first-order valence-corrected chi connectivity index (χ1v) is 8.11. The molecule has 2 aromatic rings. The Morgan fingerprint density at radius 2 is 2.04 bits per heavy atom. The number of carbonyl (C=O) groups excluding carboxylic acids is 1. The summed E-state index contributed by atoms with van der Waals surface area (Å²) in [7, 11) is 1.59. The van der Waals surface area contributed by atoms with Crippen LogP contribution >= 0.6 is 22.6 Å². The number of aryl methyl sites for hydroxylation is 1. The number of primary amides is 1. The first kappa shape index (κ1) is 17.3. The van der Waals surface area contributed by atoms with Crippen LogP contribution in [0, 0.1) is 10.5 Å². The summed E-state index contributed by atoms with van der Waals surface area (Å²) in [4.78, 5) is 10.8. The number of ether oxygens (including phenoxy) is 2. The molecule has 0 unspecified atom stereocenters. The van der Waals surface area contributed by atoms with Crippen molar-refractivity contribution in [3.05, 3.63) is 62.7 Å². The van der Waals surface area contributed by atoms with E-state index in [9.17, 15) is 4.79 Å². The molecule has 5 heteroatoms. The standard InChI is InChI=1S/C18H18INO3/c1-12-5-3-4-6-14(12)11-23-18-15(19)9-13(7-8-17(20)21)10-16(18)22-2/h3-10H,11H2,1-2H3,(H2,20,21)/b8-7+. The highest BCUT2D eigenvalue weighted by molar-refractivity contribution is 14.1. The summed E-state index contributed by atoms with van der Waals surface area (Å²) in [6, 6.07) is 11.8. The van der Waals surface area contributed by atoms with Gasteiger partial charge < -0.3 is 15.2 Å². The van der Waals surface area contributed by atoms with Gasteiger partial charge in [-0.2, -0.15) is 0 Å². The molecule has 1 amide bonds. The first-order chi connectivity index (χ1) is 11.0. The number of halogens is 1. The molecule has 0 heterocycles. The lowest BCUT2D eigenvalue weighted by atomic mass is 10.1. The van der Waals surface area contributed by atoms with E-state index < -0.39 is 5.91 Å². The van der Waals surface area contributed by atoms with Gasteiger partial charge in [0.05, 0.1) is 10.7 Å². The monoisotopic (exact) mass is 423 g/mol. The van der Waals surface area contributed by atoms with E-state index in [0.29, 0.717) is 18.1 Å². The molecule has 0 aliphatic rings. The van der Waals surface area contributed by atoms with E-state index in [1.165, 1.54) is 11.6 Å². The normalized spacial score (nSPS) is 10.7. The SMILES string of the molecule is COc1cc(/C=C/C(N)=O)cc(I)c1OCc1ccccc1C. The second kappa shape index (κ2) is 8.01. The molecule has 4 nitrogen and oxygen atoms in total. The third-order valence-electron chi connectivity index (χ3n) is 3.33. The third kappa shape index (κ3) is 4.72. The van der Waals surface area contributed by atoms with Crippen molar-refractivity contribution in [2.45, 2.75) is 13.5 Å². The van der Waals surface area contributed by atoms with Gasteiger partial charge in [0.15, 0.2) is 11.5 Å². The van der Waals surface area contributed by atoms with Crippen molar-refractivity contribution in [3.63, 3.8) is 0 Å². The van der Waals surface area contributed by atoms with Crippen molar-refractivity contribution in [2.24, 2.45) is 5.73 Å². The Hall–Kier alpha value is -2.02. The second-order valence-electron chi connectivity index (χ2n) is 4.98. The molecule has 0 bridgehead atoms. The van der Waals surface area contributed by atoms with Crippen LogP contribution in [-0.2, 0) is 11.4 Å². The Labute approximate surface area is 149 Å². The molecule has 0 aliphatic heterocycles. The van der Waals surface area contributed by atoms with Crippen LogP contribution in [0.5, 0.6) is 11.5 Å². The Morgan fingerprint density at radius 3 is 2.70 bits per heavy atom. The number of hydrogen-bond acceptors (Lipinski definition) is 3. The van der Waals surface area contributed by atoms with Crippen molar-refractivity contribution < 1.29 is 14.3 Å². The average molecular weight is 423 g/mol. The van der Waals surface area contributed by atoms with Crippen LogP contribution in [0.2, 0.25) is 0 Å². The van der Waals surface area contributed by atoms with Gasteiger partial charge in [-0.05, 0) is 64.4 Å². The Morgan fingerprint density at radius 1 is 1.30 bits per heavy atom. The molecule has 0 spiro atoms. The van der Waals surface area contributed by atoms with Gasteiger partial charge in [-0.15, -0.1) is 0 Å². The van der Waals surface area contributed by atoms with Crippen LogP contribution in [0.4, 0.5) is 0 Å². The molecule has 0 saturated carbocycles. The predicted octanol–water partition coefficient (Wildman–Crippen LogP) is 3.69. The smallest absolute Gasteiger partial charge is 0.241 e. The van der Waals surface area contributed by atoms with E-state index in [2.05, 4.69) is 35.6 Å². The molecule has 2 N–H and O–H groups in total. The number of benzene rings is 2. The summed E-state index contributed by atoms with van der Waals surface area (Å²) in [6.45, 7) is 2.52. The van der Waals surface area contributed by atoms with Gasteiger partial charge >= 0.3 is 0 Å². The molecule has 0 saturated heterocycles. The van der Waals surface area contributed by atoms with Crippen molar-refractivity contribution in [3.8, 4) is 11.5 Å². The van der Waals surface area contributed by atoms with E-state index in [4.69, 9.17) is 15.2 Å². The summed E-state index contributed by atoms with van der Waals surface area (Å²) in [6.07, 6.45) is 2.97. The zero-order valence-electron chi connectivity index (χ0n) is 13.0. The number of hydrogen-bond donors (Lipinski definition) is 1. The van der Waals surface area contributed by atoms with E-state index in [1.807, 2.05) is 30.3 Å². The second-order valence-corrected chi connectivity index (χ2v) is 6.15. The highest BCUT2D eigenvalue weighted by atomic mass is 127. The number of methoxy groups -OCH3 is 1. The summed E-state index contributed by atoms with van der Waals surface area (Å²) in [5, 5.41) is 0. The average Bonchev–Trinajstić information content (AvgIpc) is 2.52. The molecule has 23 heavy (non-hydrogen) atoms. The summed E-state index contributed by atoms with van der Waals surface area (Å²) < 4.78 is 12.3. The van der Waals surface area contributed by atoms with E-state index in [1.54, 1.807) is 13.2 Å². The van der Waals surface area contributed by atoms with Crippen LogP contribution in [0.3, 0.4) is 0 Å².